The quantitative estimate of drug-likeness (QED) is 0.356. The molecule has 0 fully saturated rings. The number of rotatable bonds is 7. The van der Waals surface area contributed by atoms with Crippen LogP contribution in [0.3, 0.4) is 0 Å². The van der Waals surface area contributed by atoms with Crippen LogP contribution in [0.5, 0.6) is 0 Å². The van der Waals surface area contributed by atoms with Crippen molar-refractivity contribution in [3.63, 3.8) is 0 Å². The Labute approximate surface area is 113 Å². The van der Waals surface area contributed by atoms with Crippen LogP contribution in [0.25, 0.3) is 0 Å². The first-order valence-electron chi connectivity index (χ1n) is 5.87. The number of hydrogen-bond acceptors (Lipinski definition) is 4. The van der Waals surface area contributed by atoms with Crippen LogP contribution >= 0.6 is 11.8 Å². The predicted molar refractivity (Wildman–Crippen MR) is 75.8 cm³/mol. The van der Waals surface area contributed by atoms with Crippen molar-refractivity contribution in [2.75, 3.05) is 26.0 Å². The lowest BCUT2D eigenvalue weighted by Crippen LogP contribution is -2.18. The Morgan fingerprint density at radius 1 is 1.39 bits per heavy atom. The highest BCUT2D eigenvalue weighted by Crippen LogP contribution is 2.15. The third-order valence-corrected chi connectivity index (χ3v) is 3.36. The summed E-state index contributed by atoms with van der Waals surface area (Å²) < 4.78 is 4.61. The summed E-state index contributed by atoms with van der Waals surface area (Å²) >= 11 is 1.82. The molecular weight excluding hydrogens is 246 g/mol. The summed E-state index contributed by atoms with van der Waals surface area (Å²) in [6, 6.07) is 10.3. The van der Waals surface area contributed by atoms with Crippen LogP contribution in [-0.2, 0) is 9.53 Å². The highest BCUT2D eigenvalue weighted by Gasteiger charge is 2.00. The molecule has 0 saturated carbocycles. The molecule has 1 rings (SSSR count). The number of ether oxygens (including phenoxy) is 1. The van der Waals surface area contributed by atoms with Crippen molar-refractivity contribution in [3.8, 4) is 0 Å². The van der Waals surface area contributed by atoms with Gasteiger partial charge < -0.3 is 10.1 Å². The van der Waals surface area contributed by atoms with Crippen molar-refractivity contribution in [2.45, 2.75) is 11.8 Å². The van der Waals surface area contributed by atoms with Crippen molar-refractivity contribution >= 4 is 17.7 Å². The standard InChI is InChI=1S/C14H19NO2S/c1-12(14(16)17-2)8-9-15-10-11-18-13-6-4-3-5-7-13/h3-8,15H,9-11H2,1-2H3/b12-8+. The van der Waals surface area contributed by atoms with Crippen LogP contribution < -0.4 is 5.32 Å². The minimum Gasteiger partial charge on any atom is -0.466 e. The second-order valence-electron chi connectivity index (χ2n) is 3.74. The Morgan fingerprint density at radius 3 is 2.78 bits per heavy atom. The van der Waals surface area contributed by atoms with Crippen molar-refractivity contribution in [1.82, 2.24) is 5.32 Å². The summed E-state index contributed by atoms with van der Waals surface area (Å²) in [6.45, 7) is 3.35. The van der Waals surface area contributed by atoms with Gasteiger partial charge in [-0.25, -0.2) is 4.79 Å². The van der Waals surface area contributed by atoms with Crippen LogP contribution in [0.15, 0.2) is 46.9 Å². The minimum absolute atomic E-state index is 0.268. The van der Waals surface area contributed by atoms with Gasteiger partial charge in [-0.15, -0.1) is 11.8 Å². The Kier molecular flexibility index (Phi) is 7.22. The summed E-state index contributed by atoms with van der Waals surface area (Å²) in [7, 11) is 1.39. The van der Waals surface area contributed by atoms with Gasteiger partial charge in [-0.3, -0.25) is 0 Å². The molecule has 0 bridgehead atoms. The van der Waals surface area contributed by atoms with Gasteiger partial charge in [-0.05, 0) is 19.1 Å². The molecule has 1 aromatic carbocycles. The van der Waals surface area contributed by atoms with E-state index < -0.39 is 0 Å². The molecule has 3 nitrogen and oxygen atoms in total. The lowest BCUT2D eigenvalue weighted by molar-refractivity contribution is -0.136. The molecule has 0 aliphatic carbocycles. The molecule has 18 heavy (non-hydrogen) atoms. The van der Waals surface area contributed by atoms with Gasteiger partial charge in [0.15, 0.2) is 0 Å². The molecule has 4 heteroatoms. The van der Waals surface area contributed by atoms with E-state index in [1.54, 1.807) is 6.92 Å². The number of methoxy groups -OCH3 is 1. The number of esters is 1. The topological polar surface area (TPSA) is 38.3 Å². The maximum Gasteiger partial charge on any atom is 0.333 e. The summed E-state index contributed by atoms with van der Waals surface area (Å²) in [5.74, 6) is 0.741. The first kappa shape index (κ1) is 14.8. The lowest BCUT2D eigenvalue weighted by Gasteiger charge is -2.03. The normalized spacial score (nSPS) is 11.3. The number of nitrogens with one attached hydrogen (secondary N) is 1. The molecule has 0 aliphatic heterocycles. The van der Waals surface area contributed by atoms with E-state index in [2.05, 4.69) is 22.2 Å². The summed E-state index contributed by atoms with van der Waals surface area (Å²) in [5, 5.41) is 3.26. The summed E-state index contributed by atoms with van der Waals surface area (Å²) in [4.78, 5) is 12.4. The van der Waals surface area contributed by atoms with Gasteiger partial charge in [0.05, 0.1) is 7.11 Å². The molecule has 0 saturated heterocycles. The van der Waals surface area contributed by atoms with Gasteiger partial charge in [0, 0.05) is 29.3 Å². The number of thioether (sulfide) groups is 1. The van der Waals surface area contributed by atoms with Gasteiger partial charge in [0.25, 0.3) is 0 Å². The van der Waals surface area contributed by atoms with E-state index in [4.69, 9.17) is 0 Å². The molecule has 0 aliphatic rings. The zero-order valence-electron chi connectivity index (χ0n) is 10.8. The van der Waals surface area contributed by atoms with Crippen molar-refractivity contribution in [3.05, 3.63) is 42.0 Å². The minimum atomic E-state index is -0.268. The van der Waals surface area contributed by atoms with E-state index in [1.807, 2.05) is 36.0 Å². The van der Waals surface area contributed by atoms with Crippen LogP contribution in [0.2, 0.25) is 0 Å². The number of carbonyl (C=O) groups is 1. The maximum absolute atomic E-state index is 11.1. The van der Waals surface area contributed by atoms with Gasteiger partial charge in [-0.1, -0.05) is 24.3 Å². The molecule has 1 N–H and O–H groups in total. The molecule has 0 unspecified atom stereocenters. The second kappa shape index (κ2) is 8.78. The summed E-state index contributed by atoms with van der Waals surface area (Å²) in [6.07, 6.45) is 1.85. The molecule has 0 aromatic heterocycles. The predicted octanol–water partition coefficient (Wildman–Crippen LogP) is 2.49. The third kappa shape index (κ3) is 5.89. The van der Waals surface area contributed by atoms with E-state index in [0.29, 0.717) is 12.1 Å². The SMILES string of the molecule is COC(=O)/C(C)=C/CNCCSc1ccccc1. The fourth-order valence-electron chi connectivity index (χ4n) is 1.33. The van der Waals surface area contributed by atoms with Gasteiger partial charge >= 0.3 is 5.97 Å². The first-order valence-corrected chi connectivity index (χ1v) is 6.86. The largest absolute Gasteiger partial charge is 0.466 e. The smallest absolute Gasteiger partial charge is 0.333 e. The Hall–Kier alpha value is -1.26. The molecular formula is C14H19NO2S. The van der Waals surface area contributed by atoms with Crippen LogP contribution in [0.1, 0.15) is 6.92 Å². The number of benzene rings is 1. The summed E-state index contributed by atoms with van der Waals surface area (Å²) in [5.41, 5.74) is 0.640. The molecule has 0 radical (unpaired) electrons. The van der Waals surface area contributed by atoms with Gasteiger partial charge in [-0.2, -0.15) is 0 Å². The molecule has 1 aromatic rings. The number of hydrogen-bond donors (Lipinski definition) is 1. The average Bonchev–Trinajstić information content (AvgIpc) is 2.42. The molecule has 98 valence electrons. The van der Waals surface area contributed by atoms with Crippen LogP contribution in [0, 0.1) is 0 Å². The molecule has 0 amide bonds. The van der Waals surface area contributed by atoms with Crippen LogP contribution in [-0.4, -0.2) is 31.9 Å². The van der Waals surface area contributed by atoms with E-state index in [9.17, 15) is 4.79 Å². The zero-order chi connectivity index (χ0) is 13.2. The Morgan fingerprint density at radius 2 is 2.11 bits per heavy atom. The fraction of sp³-hybridized carbons (Fsp3) is 0.357. The van der Waals surface area contributed by atoms with E-state index >= 15 is 0 Å². The number of carbonyl (C=O) groups excluding carboxylic acids is 1. The van der Waals surface area contributed by atoms with Crippen molar-refractivity contribution in [2.24, 2.45) is 0 Å². The lowest BCUT2D eigenvalue weighted by atomic mass is 10.3. The highest BCUT2D eigenvalue weighted by molar-refractivity contribution is 7.99. The maximum atomic E-state index is 11.1. The van der Waals surface area contributed by atoms with E-state index in [-0.39, 0.29) is 5.97 Å². The first-order chi connectivity index (χ1) is 8.74. The Bertz CT molecular complexity index is 390. The highest BCUT2D eigenvalue weighted by atomic mass is 32.2. The average molecular weight is 265 g/mol. The van der Waals surface area contributed by atoms with E-state index in [0.717, 1.165) is 12.3 Å². The second-order valence-corrected chi connectivity index (χ2v) is 4.91. The van der Waals surface area contributed by atoms with Crippen LogP contribution in [0.4, 0.5) is 0 Å². The third-order valence-electron chi connectivity index (χ3n) is 2.35. The molecule has 0 heterocycles. The van der Waals surface area contributed by atoms with Gasteiger partial charge in [0.1, 0.15) is 0 Å². The van der Waals surface area contributed by atoms with Crippen molar-refractivity contribution < 1.29 is 9.53 Å². The monoisotopic (exact) mass is 265 g/mol. The van der Waals surface area contributed by atoms with E-state index in [1.165, 1.54) is 12.0 Å². The Balaban J connectivity index is 2.11. The fourth-order valence-corrected chi connectivity index (χ4v) is 2.16. The van der Waals surface area contributed by atoms with Gasteiger partial charge in [0.2, 0.25) is 0 Å². The zero-order valence-corrected chi connectivity index (χ0v) is 11.6. The molecule has 0 atom stereocenters. The molecule has 0 spiro atoms. The van der Waals surface area contributed by atoms with Crippen molar-refractivity contribution in [1.29, 1.82) is 0 Å².